The largest absolute Gasteiger partial charge is 0.376 e. The molecule has 1 fully saturated rings. The second kappa shape index (κ2) is 7.81. The summed E-state index contributed by atoms with van der Waals surface area (Å²) >= 11 is 3.40. The molecule has 0 bridgehead atoms. The highest BCUT2D eigenvalue weighted by molar-refractivity contribution is 9.10. The molecule has 0 aliphatic carbocycles. The molecule has 0 atom stereocenters. The minimum absolute atomic E-state index is 0.134. The molecule has 6 nitrogen and oxygen atoms in total. The Morgan fingerprint density at radius 2 is 1.96 bits per heavy atom. The highest BCUT2D eigenvalue weighted by Gasteiger charge is 2.21. The molecule has 1 aliphatic heterocycles. The summed E-state index contributed by atoms with van der Waals surface area (Å²) in [6, 6.07) is 9.78. The third-order valence-corrected chi connectivity index (χ3v) is 4.60. The number of aryl methyl sites for hydroxylation is 1. The summed E-state index contributed by atoms with van der Waals surface area (Å²) in [7, 11) is 0. The fourth-order valence-electron chi connectivity index (χ4n) is 2.73. The van der Waals surface area contributed by atoms with Crippen molar-refractivity contribution in [1.29, 1.82) is 0 Å². The molecule has 3 rings (SSSR count). The Hall–Kier alpha value is -1.86. The van der Waals surface area contributed by atoms with Crippen molar-refractivity contribution in [2.75, 3.05) is 38.0 Å². The number of anilines is 1. The van der Waals surface area contributed by atoms with Crippen LogP contribution in [0.3, 0.4) is 0 Å². The van der Waals surface area contributed by atoms with Gasteiger partial charge < -0.3 is 14.7 Å². The molecule has 128 valence electrons. The maximum absolute atomic E-state index is 12.3. The van der Waals surface area contributed by atoms with Gasteiger partial charge in [-0.1, -0.05) is 21.1 Å². The van der Waals surface area contributed by atoms with Crippen molar-refractivity contribution in [2.45, 2.75) is 13.5 Å². The van der Waals surface area contributed by atoms with Crippen molar-refractivity contribution >= 4 is 27.5 Å². The third-order valence-electron chi connectivity index (χ3n) is 4.08. The Labute approximate surface area is 149 Å². The third kappa shape index (κ3) is 4.58. The monoisotopic (exact) mass is 392 g/mol. The van der Waals surface area contributed by atoms with E-state index in [1.165, 1.54) is 0 Å². The second-order valence-corrected chi connectivity index (χ2v) is 6.86. The molecule has 0 saturated carbocycles. The van der Waals surface area contributed by atoms with Gasteiger partial charge in [-0.2, -0.15) is 0 Å². The minimum atomic E-state index is 0.134. The Bertz CT molecular complexity index is 678. The average molecular weight is 393 g/mol. The molecular weight excluding hydrogens is 372 g/mol. The summed E-state index contributed by atoms with van der Waals surface area (Å²) in [5, 5.41) is 7.20. The summed E-state index contributed by atoms with van der Waals surface area (Å²) in [4.78, 5) is 16.5. The number of carbonyl (C=O) groups excluding carboxylic acids is 1. The van der Waals surface area contributed by atoms with Gasteiger partial charge in [-0.25, -0.2) is 0 Å². The first-order chi connectivity index (χ1) is 11.6. The van der Waals surface area contributed by atoms with Gasteiger partial charge in [-0.3, -0.25) is 9.69 Å². The van der Waals surface area contributed by atoms with E-state index in [0.717, 1.165) is 54.3 Å². The van der Waals surface area contributed by atoms with Crippen molar-refractivity contribution in [3.8, 4) is 0 Å². The first kappa shape index (κ1) is 17.0. The topological polar surface area (TPSA) is 61.6 Å². The zero-order valence-corrected chi connectivity index (χ0v) is 15.3. The number of aromatic nitrogens is 1. The summed E-state index contributed by atoms with van der Waals surface area (Å²) < 4.78 is 6.12. The normalized spacial score (nSPS) is 15.5. The number of benzene rings is 1. The number of carbonyl (C=O) groups is 1. The summed E-state index contributed by atoms with van der Waals surface area (Å²) in [6.07, 6.45) is 0. The lowest BCUT2D eigenvalue weighted by atomic mass is 10.2. The van der Waals surface area contributed by atoms with Gasteiger partial charge in [0.2, 0.25) is 5.91 Å². The zero-order chi connectivity index (χ0) is 16.9. The van der Waals surface area contributed by atoms with E-state index in [-0.39, 0.29) is 5.91 Å². The van der Waals surface area contributed by atoms with E-state index in [4.69, 9.17) is 4.52 Å². The maximum Gasteiger partial charge on any atom is 0.241 e. The van der Waals surface area contributed by atoms with E-state index in [1.54, 1.807) is 0 Å². The van der Waals surface area contributed by atoms with Crippen LogP contribution in [0.5, 0.6) is 0 Å². The van der Waals surface area contributed by atoms with Crippen LogP contribution in [-0.4, -0.2) is 53.6 Å². The summed E-state index contributed by atoms with van der Waals surface area (Å²) in [5.74, 6) is 0.965. The van der Waals surface area contributed by atoms with Gasteiger partial charge in [-0.15, -0.1) is 0 Å². The fraction of sp³-hybridized carbons (Fsp3) is 0.412. The van der Waals surface area contributed by atoms with E-state index in [0.29, 0.717) is 6.54 Å². The van der Waals surface area contributed by atoms with Crippen LogP contribution in [0.4, 0.5) is 5.69 Å². The highest BCUT2D eigenvalue weighted by atomic mass is 79.9. The maximum atomic E-state index is 12.3. The Morgan fingerprint density at radius 3 is 2.58 bits per heavy atom. The number of rotatable bonds is 5. The van der Waals surface area contributed by atoms with Crippen LogP contribution in [0, 0.1) is 6.92 Å². The molecule has 1 aromatic carbocycles. The van der Waals surface area contributed by atoms with Gasteiger partial charge in [0.15, 0.2) is 0 Å². The molecule has 1 saturated heterocycles. The Morgan fingerprint density at radius 1 is 1.25 bits per heavy atom. The molecule has 1 aliphatic rings. The summed E-state index contributed by atoms with van der Waals surface area (Å²) in [6.45, 7) is 6.20. The van der Waals surface area contributed by atoms with Crippen molar-refractivity contribution in [1.82, 2.24) is 15.0 Å². The van der Waals surface area contributed by atoms with E-state index < -0.39 is 0 Å². The van der Waals surface area contributed by atoms with Gasteiger partial charge in [0, 0.05) is 49.0 Å². The van der Waals surface area contributed by atoms with Crippen LogP contribution >= 0.6 is 15.9 Å². The van der Waals surface area contributed by atoms with Crippen LogP contribution in [-0.2, 0) is 11.3 Å². The number of nitrogens with one attached hydrogen (secondary N) is 1. The quantitative estimate of drug-likeness (QED) is 0.846. The molecule has 7 heteroatoms. The Balaban J connectivity index is 1.42. The standard InChI is InChI=1S/C17H21BrN4O2/c1-13-10-16(20-24-13)12-21-6-8-22(9-7-21)17(23)11-19-15-4-2-14(18)3-5-15/h2-5,10,19H,6-9,11-12H2,1H3. The minimum Gasteiger partial charge on any atom is -0.376 e. The van der Waals surface area contributed by atoms with Gasteiger partial charge in [0.25, 0.3) is 0 Å². The smallest absolute Gasteiger partial charge is 0.241 e. The van der Waals surface area contributed by atoms with Crippen molar-refractivity contribution in [2.24, 2.45) is 0 Å². The first-order valence-electron chi connectivity index (χ1n) is 8.02. The molecule has 0 radical (unpaired) electrons. The molecular formula is C17H21BrN4O2. The van der Waals surface area contributed by atoms with Crippen LogP contribution < -0.4 is 5.32 Å². The fourth-order valence-corrected chi connectivity index (χ4v) is 3.00. The van der Waals surface area contributed by atoms with Gasteiger partial charge >= 0.3 is 0 Å². The lowest BCUT2D eigenvalue weighted by molar-refractivity contribution is -0.131. The molecule has 1 N–H and O–H groups in total. The lowest BCUT2D eigenvalue weighted by Crippen LogP contribution is -2.49. The molecule has 1 amide bonds. The molecule has 2 heterocycles. The molecule has 0 unspecified atom stereocenters. The van der Waals surface area contributed by atoms with Crippen molar-refractivity contribution < 1.29 is 9.32 Å². The van der Waals surface area contributed by atoms with E-state index in [9.17, 15) is 4.79 Å². The number of hydrogen-bond acceptors (Lipinski definition) is 5. The van der Waals surface area contributed by atoms with Crippen molar-refractivity contribution in [3.63, 3.8) is 0 Å². The average Bonchev–Trinajstić information content (AvgIpc) is 2.99. The van der Waals surface area contributed by atoms with Gasteiger partial charge in [0.05, 0.1) is 12.2 Å². The first-order valence-corrected chi connectivity index (χ1v) is 8.81. The summed E-state index contributed by atoms with van der Waals surface area (Å²) in [5.41, 5.74) is 1.90. The molecule has 1 aromatic heterocycles. The second-order valence-electron chi connectivity index (χ2n) is 5.95. The number of amides is 1. The van der Waals surface area contributed by atoms with E-state index in [2.05, 4.69) is 31.3 Å². The highest BCUT2D eigenvalue weighted by Crippen LogP contribution is 2.14. The molecule has 0 spiro atoms. The van der Waals surface area contributed by atoms with Crippen molar-refractivity contribution in [3.05, 3.63) is 46.3 Å². The molecule has 2 aromatic rings. The van der Waals surface area contributed by atoms with Crippen LogP contribution in [0.15, 0.2) is 39.3 Å². The van der Waals surface area contributed by atoms with Gasteiger partial charge in [0.1, 0.15) is 5.76 Å². The van der Waals surface area contributed by atoms with Crippen LogP contribution in [0.2, 0.25) is 0 Å². The van der Waals surface area contributed by atoms with E-state index in [1.807, 2.05) is 42.2 Å². The predicted molar refractivity (Wildman–Crippen MR) is 95.7 cm³/mol. The zero-order valence-electron chi connectivity index (χ0n) is 13.7. The molecule has 24 heavy (non-hydrogen) atoms. The van der Waals surface area contributed by atoms with Gasteiger partial charge in [-0.05, 0) is 31.2 Å². The Kier molecular flexibility index (Phi) is 5.52. The number of nitrogens with zero attached hydrogens (tertiary/aromatic N) is 3. The predicted octanol–water partition coefficient (Wildman–Crippen LogP) is 2.50. The van der Waals surface area contributed by atoms with Crippen LogP contribution in [0.1, 0.15) is 11.5 Å². The van der Waals surface area contributed by atoms with E-state index >= 15 is 0 Å². The SMILES string of the molecule is Cc1cc(CN2CCN(C(=O)CNc3ccc(Br)cc3)CC2)no1. The lowest BCUT2D eigenvalue weighted by Gasteiger charge is -2.34. The number of halogens is 1. The number of piperazine rings is 1. The number of hydrogen-bond donors (Lipinski definition) is 1. The van der Waals surface area contributed by atoms with Crippen LogP contribution in [0.25, 0.3) is 0 Å².